The lowest BCUT2D eigenvalue weighted by atomic mass is 9.63. The molecule has 264 valence electrons. The molecule has 3 atom stereocenters. The van der Waals surface area contributed by atoms with Crippen LogP contribution >= 0.6 is 0 Å². The Morgan fingerprint density at radius 1 is 0.375 bits per heavy atom. The van der Waals surface area contributed by atoms with Crippen LogP contribution in [-0.2, 0) is 5.41 Å². The molecule has 1 heterocycles. The molecule has 0 saturated heterocycles. The molecule has 8 aromatic carbocycles. The molecule has 0 aliphatic heterocycles. The smallest absolute Gasteiger partial charge is 0.143 e. The van der Waals surface area contributed by atoms with E-state index in [-0.39, 0.29) is 11.3 Å². The van der Waals surface area contributed by atoms with E-state index in [9.17, 15) is 0 Å². The van der Waals surface area contributed by atoms with E-state index in [4.69, 9.17) is 4.42 Å². The molecule has 1 aromatic heterocycles. The van der Waals surface area contributed by atoms with Crippen LogP contribution < -0.4 is 0 Å². The number of hydrogen-bond acceptors (Lipinski definition) is 1. The normalized spacial score (nSPS) is 18.3. The van der Waals surface area contributed by atoms with Crippen molar-refractivity contribution in [2.75, 3.05) is 0 Å². The van der Waals surface area contributed by atoms with Crippen LogP contribution in [0.25, 0.3) is 66.4 Å². The second-order valence-corrected chi connectivity index (χ2v) is 15.2. The molecule has 0 spiro atoms. The molecule has 3 unspecified atom stereocenters. The zero-order valence-electron chi connectivity index (χ0n) is 30.8. The Labute approximate surface area is 327 Å². The molecule has 0 saturated carbocycles. The number of furan rings is 1. The van der Waals surface area contributed by atoms with Crippen molar-refractivity contribution in [3.63, 3.8) is 0 Å². The Morgan fingerprint density at radius 3 is 1.52 bits per heavy atom. The first-order chi connectivity index (χ1) is 27.8. The minimum absolute atomic E-state index is 0.231. The van der Waals surface area contributed by atoms with Gasteiger partial charge < -0.3 is 4.42 Å². The summed E-state index contributed by atoms with van der Waals surface area (Å²) in [5.41, 5.74) is 15.9. The fourth-order valence-electron chi connectivity index (χ4n) is 9.76. The van der Waals surface area contributed by atoms with Crippen LogP contribution in [0.1, 0.15) is 28.2 Å². The fourth-order valence-corrected chi connectivity index (χ4v) is 9.76. The summed E-state index contributed by atoms with van der Waals surface area (Å²) in [6.45, 7) is 0. The van der Waals surface area contributed by atoms with Gasteiger partial charge in [0.1, 0.15) is 11.2 Å². The summed E-state index contributed by atoms with van der Waals surface area (Å²) < 4.78 is 7.20. The van der Waals surface area contributed by atoms with Crippen molar-refractivity contribution in [1.29, 1.82) is 0 Å². The summed E-state index contributed by atoms with van der Waals surface area (Å²) >= 11 is 0. The van der Waals surface area contributed by atoms with E-state index < -0.39 is 0 Å². The largest absolute Gasteiger partial charge is 0.455 e. The molecular weight excluding hydrogens is 677 g/mol. The molecule has 9 aromatic rings. The molecule has 0 amide bonds. The average Bonchev–Trinajstić information content (AvgIpc) is 3.81. The number of allylic oxidation sites excluding steroid dienone is 4. The summed E-state index contributed by atoms with van der Waals surface area (Å²) in [6, 6.07) is 70.9. The van der Waals surface area contributed by atoms with Gasteiger partial charge in [0.05, 0.1) is 5.41 Å². The third-order valence-electron chi connectivity index (χ3n) is 12.2. The van der Waals surface area contributed by atoms with Crippen molar-refractivity contribution < 1.29 is 4.42 Å². The molecule has 1 nitrogen and oxygen atoms in total. The molecule has 56 heavy (non-hydrogen) atoms. The van der Waals surface area contributed by atoms with E-state index in [0.717, 1.165) is 49.8 Å². The number of hydrogen-bond donors (Lipinski definition) is 0. The Bertz CT molecular complexity index is 2950. The van der Waals surface area contributed by atoms with Crippen molar-refractivity contribution in [2.45, 2.75) is 11.3 Å². The Kier molecular flexibility index (Phi) is 7.60. The highest BCUT2D eigenvalue weighted by Crippen LogP contribution is 2.59. The Balaban J connectivity index is 1.21. The number of benzene rings is 8. The van der Waals surface area contributed by atoms with Gasteiger partial charge >= 0.3 is 0 Å². The number of fused-ring (bicyclic) bond motifs is 6. The van der Waals surface area contributed by atoms with Crippen molar-refractivity contribution >= 4 is 21.9 Å². The molecule has 0 bridgehead atoms. The summed E-state index contributed by atoms with van der Waals surface area (Å²) in [5, 5.41) is 2.23. The van der Waals surface area contributed by atoms with Gasteiger partial charge in [-0.2, -0.15) is 0 Å². The zero-order valence-corrected chi connectivity index (χ0v) is 30.8. The van der Waals surface area contributed by atoms with Crippen LogP contribution in [-0.4, -0.2) is 0 Å². The van der Waals surface area contributed by atoms with Crippen molar-refractivity contribution in [2.24, 2.45) is 5.92 Å². The third-order valence-corrected chi connectivity index (χ3v) is 12.2. The third kappa shape index (κ3) is 5.01. The quantitative estimate of drug-likeness (QED) is 0.167. The second-order valence-electron chi connectivity index (χ2n) is 15.2. The molecule has 1 heteroatoms. The van der Waals surface area contributed by atoms with Crippen LogP contribution in [0.2, 0.25) is 0 Å². The maximum absolute atomic E-state index is 7.20. The van der Waals surface area contributed by atoms with Gasteiger partial charge in [0, 0.05) is 33.7 Å². The van der Waals surface area contributed by atoms with Gasteiger partial charge in [-0.1, -0.05) is 188 Å². The van der Waals surface area contributed by atoms with E-state index >= 15 is 0 Å². The monoisotopic (exact) mass is 714 g/mol. The first-order valence-electron chi connectivity index (χ1n) is 19.6. The summed E-state index contributed by atoms with van der Waals surface area (Å²) in [6.07, 6.45) is 9.29. The van der Waals surface area contributed by atoms with Gasteiger partial charge in [0.15, 0.2) is 0 Å². The highest BCUT2D eigenvalue weighted by atomic mass is 16.3. The van der Waals surface area contributed by atoms with E-state index in [1.165, 1.54) is 38.9 Å². The lowest BCUT2D eigenvalue weighted by Crippen LogP contribution is -2.35. The maximum Gasteiger partial charge on any atom is 0.143 e. The first kappa shape index (κ1) is 32.5. The number of rotatable bonds is 6. The molecule has 0 radical (unpaired) electrons. The van der Waals surface area contributed by atoms with Gasteiger partial charge in [0.2, 0.25) is 0 Å². The molecule has 2 aliphatic rings. The van der Waals surface area contributed by atoms with Gasteiger partial charge in [-0.25, -0.2) is 0 Å². The van der Waals surface area contributed by atoms with Crippen molar-refractivity contribution in [3.05, 3.63) is 241 Å². The van der Waals surface area contributed by atoms with E-state index in [2.05, 4.69) is 218 Å². The molecule has 0 N–H and O–H groups in total. The fraction of sp³-hybridized carbons (Fsp3) is 0.0545. The van der Waals surface area contributed by atoms with Crippen molar-refractivity contribution in [1.82, 2.24) is 0 Å². The highest BCUT2D eigenvalue weighted by molar-refractivity contribution is 6.15. The Hall–Kier alpha value is -6.96. The van der Waals surface area contributed by atoms with E-state index in [1.807, 2.05) is 0 Å². The average molecular weight is 715 g/mol. The SMILES string of the molecule is C1=CC2c3ccccc3C(c3ccccc3)(c3cccc(-c4cc(-c5ccccc5)cc5c4oc4c(-c6ccccc6)cc(-c6ccccc6)cc45)c3)C2C=C1. The first-order valence-corrected chi connectivity index (χ1v) is 19.6. The Morgan fingerprint density at radius 2 is 0.875 bits per heavy atom. The van der Waals surface area contributed by atoms with Crippen molar-refractivity contribution in [3.8, 4) is 44.5 Å². The summed E-state index contributed by atoms with van der Waals surface area (Å²) in [7, 11) is 0. The highest BCUT2D eigenvalue weighted by Gasteiger charge is 2.52. The van der Waals surface area contributed by atoms with E-state index in [0.29, 0.717) is 5.92 Å². The topological polar surface area (TPSA) is 13.1 Å². The van der Waals surface area contributed by atoms with Gasteiger partial charge in [-0.15, -0.1) is 0 Å². The molecule has 0 fully saturated rings. The van der Waals surface area contributed by atoms with Crippen LogP contribution in [0.5, 0.6) is 0 Å². The molecule has 11 rings (SSSR count). The standard InChI is InChI=1S/C55H38O/c1-5-18-37(19-6-1)41-33-47(39-22-9-3-10-23-39)53-49(35-41)50-36-42(38-20-7-2-8-21-38)34-48(54(50)56-53)40-24-17-27-44(32-40)55(43-25-11-4-12-26-43)51-30-15-13-28-45(51)46-29-14-16-31-52(46)55/h1-36,45,51H. The van der Waals surface area contributed by atoms with Gasteiger partial charge in [-0.3, -0.25) is 0 Å². The zero-order chi connectivity index (χ0) is 37.1. The predicted molar refractivity (Wildman–Crippen MR) is 233 cm³/mol. The van der Waals surface area contributed by atoms with Gasteiger partial charge in [-0.05, 0) is 86.0 Å². The van der Waals surface area contributed by atoms with Crippen LogP contribution in [0.3, 0.4) is 0 Å². The second kappa shape index (κ2) is 13.1. The molecular formula is C55H38O. The summed E-state index contributed by atoms with van der Waals surface area (Å²) in [5.74, 6) is 0.521. The predicted octanol–water partition coefficient (Wildman–Crippen LogP) is 14.4. The minimum atomic E-state index is -0.380. The van der Waals surface area contributed by atoms with Gasteiger partial charge in [0.25, 0.3) is 0 Å². The molecule has 2 aliphatic carbocycles. The van der Waals surface area contributed by atoms with E-state index in [1.54, 1.807) is 0 Å². The van der Waals surface area contributed by atoms with Crippen LogP contribution in [0, 0.1) is 5.92 Å². The maximum atomic E-state index is 7.20. The van der Waals surface area contributed by atoms with Crippen LogP contribution in [0.4, 0.5) is 0 Å². The van der Waals surface area contributed by atoms with Crippen LogP contribution in [0.15, 0.2) is 223 Å². The minimum Gasteiger partial charge on any atom is -0.455 e. The lowest BCUT2D eigenvalue weighted by molar-refractivity contribution is 0.457. The summed E-state index contributed by atoms with van der Waals surface area (Å²) in [4.78, 5) is 0. The lowest BCUT2D eigenvalue weighted by Gasteiger charge is -2.39.